The maximum atomic E-state index is 12.9. The van der Waals surface area contributed by atoms with E-state index in [9.17, 15) is 21.6 Å². The van der Waals surface area contributed by atoms with Crippen molar-refractivity contribution in [3.8, 4) is 22.0 Å². The lowest BCUT2D eigenvalue weighted by atomic mass is 10.1. The van der Waals surface area contributed by atoms with Gasteiger partial charge in [-0.3, -0.25) is 4.72 Å². The van der Waals surface area contributed by atoms with Crippen LogP contribution in [0.25, 0.3) is 27.6 Å². The van der Waals surface area contributed by atoms with Crippen LogP contribution in [0.1, 0.15) is 5.56 Å². The Morgan fingerprint density at radius 1 is 0.912 bits per heavy atom. The number of sulfonamides is 1. The Morgan fingerprint density at radius 2 is 1.71 bits per heavy atom. The normalized spacial score (nSPS) is 12.2. The third kappa shape index (κ3) is 4.24. The predicted molar refractivity (Wildman–Crippen MR) is 122 cm³/mol. The molecule has 34 heavy (non-hydrogen) atoms. The number of thiophene rings is 1. The van der Waals surface area contributed by atoms with Gasteiger partial charge in [-0.1, -0.05) is 24.3 Å². The molecule has 0 aliphatic heterocycles. The minimum Gasteiger partial charge on any atom is -0.280 e. The number of rotatable bonds is 5. The Balaban J connectivity index is 1.41. The van der Waals surface area contributed by atoms with E-state index in [0.717, 1.165) is 23.1 Å². The number of alkyl halides is 3. The van der Waals surface area contributed by atoms with Crippen LogP contribution in [0.4, 0.5) is 18.9 Å². The number of nitrogens with zero attached hydrogens (tertiary/aromatic N) is 4. The molecule has 0 aliphatic rings. The Labute approximate surface area is 195 Å². The highest BCUT2D eigenvalue weighted by Gasteiger charge is 2.31. The van der Waals surface area contributed by atoms with Crippen molar-refractivity contribution in [2.75, 3.05) is 4.72 Å². The molecule has 3 aromatic heterocycles. The molecule has 1 N–H and O–H groups in total. The highest BCUT2D eigenvalue weighted by molar-refractivity contribution is 7.92. The fourth-order valence-corrected chi connectivity index (χ4v) is 5.06. The molecule has 0 atom stereocenters. The lowest BCUT2D eigenvalue weighted by molar-refractivity contribution is -0.137. The largest absolute Gasteiger partial charge is 0.416 e. The van der Waals surface area contributed by atoms with E-state index in [-0.39, 0.29) is 5.69 Å². The second kappa shape index (κ2) is 8.22. The van der Waals surface area contributed by atoms with Gasteiger partial charge in [0.25, 0.3) is 10.0 Å². The van der Waals surface area contributed by atoms with Crippen molar-refractivity contribution in [3.05, 3.63) is 83.7 Å². The second-order valence-corrected chi connectivity index (χ2v) is 9.83. The third-order valence-corrected chi connectivity index (χ3v) is 7.15. The van der Waals surface area contributed by atoms with Crippen molar-refractivity contribution in [2.24, 2.45) is 0 Å². The van der Waals surface area contributed by atoms with Gasteiger partial charge in [-0.15, -0.1) is 21.5 Å². The average molecular weight is 502 g/mol. The van der Waals surface area contributed by atoms with Gasteiger partial charge in [-0.2, -0.15) is 22.8 Å². The Morgan fingerprint density at radius 3 is 2.41 bits per heavy atom. The summed E-state index contributed by atoms with van der Waals surface area (Å²) in [6, 6.07) is 17.3. The molecule has 0 radical (unpaired) electrons. The first-order chi connectivity index (χ1) is 16.2. The lowest BCUT2D eigenvalue weighted by Gasteiger charge is -2.11. The molecule has 3 heterocycles. The summed E-state index contributed by atoms with van der Waals surface area (Å²) in [7, 11) is -4.21. The number of halogens is 3. The summed E-state index contributed by atoms with van der Waals surface area (Å²) in [5.74, 6) is 0.609. The molecule has 5 rings (SSSR count). The van der Waals surface area contributed by atoms with Gasteiger partial charge < -0.3 is 0 Å². The lowest BCUT2D eigenvalue weighted by Crippen LogP contribution is -2.14. The number of aromatic nitrogens is 4. The maximum absolute atomic E-state index is 12.9. The number of benzene rings is 2. The minimum absolute atomic E-state index is 0.200. The number of nitrogens with one attached hydrogen (secondary N) is 1. The van der Waals surface area contributed by atoms with Crippen LogP contribution in [-0.2, 0) is 16.2 Å². The van der Waals surface area contributed by atoms with Crippen molar-refractivity contribution in [1.29, 1.82) is 0 Å². The third-order valence-electron chi connectivity index (χ3n) is 4.91. The zero-order chi connectivity index (χ0) is 23.9. The quantitative estimate of drug-likeness (QED) is 0.351. The van der Waals surface area contributed by atoms with E-state index >= 15 is 0 Å². The molecule has 0 saturated carbocycles. The summed E-state index contributed by atoms with van der Waals surface area (Å²) >= 11 is 1.51. The molecule has 0 amide bonds. The number of fused-ring (bicyclic) bond motifs is 1. The van der Waals surface area contributed by atoms with E-state index in [0.29, 0.717) is 28.8 Å². The SMILES string of the molecule is O=S(=O)(Nc1ccc(-c2ccc3nnc(-c4cccs4)n3n2)cc1)c1cccc(C(F)(F)F)c1. The van der Waals surface area contributed by atoms with Crippen LogP contribution < -0.4 is 4.72 Å². The highest BCUT2D eigenvalue weighted by Crippen LogP contribution is 2.31. The van der Waals surface area contributed by atoms with Crippen molar-refractivity contribution < 1.29 is 21.6 Å². The molecular weight excluding hydrogens is 487 g/mol. The van der Waals surface area contributed by atoms with Gasteiger partial charge in [0.2, 0.25) is 0 Å². The van der Waals surface area contributed by atoms with E-state index < -0.39 is 26.7 Å². The van der Waals surface area contributed by atoms with Crippen LogP contribution in [0.3, 0.4) is 0 Å². The number of hydrogen-bond acceptors (Lipinski definition) is 6. The van der Waals surface area contributed by atoms with E-state index in [1.165, 1.54) is 23.5 Å². The van der Waals surface area contributed by atoms with Crippen molar-refractivity contribution in [2.45, 2.75) is 11.1 Å². The highest BCUT2D eigenvalue weighted by atomic mass is 32.2. The summed E-state index contributed by atoms with van der Waals surface area (Å²) < 4.78 is 67.9. The monoisotopic (exact) mass is 501 g/mol. The van der Waals surface area contributed by atoms with Crippen LogP contribution in [-0.4, -0.2) is 28.2 Å². The predicted octanol–water partition coefficient (Wildman–Crippen LogP) is 5.34. The van der Waals surface area contributed by atoms with Crippen molar-refractivity contribution >= 4 is 32.7 Å². The molecule has 0 aliphatic carbocycles. The first kappa shape index (κ1) is 22.0. The number of hydrogen-bond donors (Lipinski definition) is 1. The van der Waals surface area contributed by atoms with E-state index in [4.69, 9.17) is 0 Å². The molecule has 2 aromatic carbocycles. The van der Waals surface area contributed by atoms with Crippen LogP contribution in [0.2, 0.25) is 0 Å². The zero-order valence-electron chi connectivity index (χ0n) is 17.1. The summed E-state index contributed by atoms with van der Waals surface area (Å²) in [6.45, 7) is 0. The van der Waals surface area contributed by atoms with E-state index in [1.807, 2.05) is 17.5 Å². The molecule has 12 heteroatoms. The first-order valence-electron chi connectivity index (χ1n) is 9.78. The number of anilines is 1. The molecule has 0 fully saturated rings. The summed E-state index contributed by atoms with van der Waals surface area (Å²) in [6.07, 6.45) is -4.64. The minimum atomic E-state index is -4.64. The maximum Gasteiger partial charge on any atom is 0.416 e. The molecule has 0 saturated heterocycles. The molecule has 7 nitrogen and oxygen atoms in total. The molecule has 5 aromatic rings. The van der Waals surface area contributed by atoms with Gasteiger partial charge in [-0.05, 0) is 53.9 Å². The Kier molecular flexibility index (Phi) is 5.33. The molecule has 172 valence electrons. The topological polar surface area (TPSA) is 89.2 Å². The summed E-state index contributed by atoms with van der Waals surface area (Å²) in [4.78, 5) is 0.434. The van der Waals surface area contributed by atoms with Gasteiger partial charge in [0.05, 0.1) is 21.0 Å². The van der Waals surface area contributed by atoms with Crippen LogP contribution in [0, 0.1) is 0 Å². The summed E-state index contributed by atoms with van der Waals surface area (Å²) in [5.41, 5.74) is 1.05. The molecular formula is C22H14F3N5O2S2. The van der Waals surface area contributed by atoms with Gasteiger partial charge in [0, 0.05) is 11.3 Å². The van der Waals surface area contributed by atoms with Gasteiger partial charge in [0.15, 0.2) is 11.5 Å². The van der Waals surface area contributed by atoms with Crippen molar-refractivity contribution in [1.82, 2.24) is 19.8 Å². The van der Waals surface area contributed by atoms with Crippen molar-refractivity contribution in [3.63, 3.8) is 0 Å². The Hall–Kier alpha value is -3.77. The average Bonchev–Trinajstić information content (AvgIpc) is 3.48. The molecule has 0 unspecified atom stereocenters. The first-order valence-corrected chi connectivity index (χ1v) is 12.1. The Bertz CT molecular complexity index is 1580. The molecule has 0 bridgehead atoms. The van der Waals surface area contributed by atoms with Crippen LogP contribution in [0.15, 0.2) is 83.1 Å². The second-order valence-electron chi connectivity index (χ2n) is 7.20. The smallest absolute Gasteiger partial charge is 0.280 e. The van der Waals surface area contributed by atoms with Crippen LogP contribution >= 0.6 is 11.3 Å². The van der Waals surface area contributed by atoms with Gasteiger partial charge in [-0.25, -0.2) is 8.42 Å². The fourth-order valence-electron chi connectivity index (χ4n) is 3.26. The molecule has 0 spiro atoms. The zero-order valence-corrected chi connectivity index (χ0v) is 18.7. The fraction of sp³-hybridized carbons (Fsp3) is 0.0455. The standard InChI is InChI=1S/C22H14F3N5O2S2/c23-22(24,25)15-3-1-4-17(13-15)34(31,32)29-16-8-6-14(7-9-16)18-10-11-20-26-27-21(30(20)28-18)19-5-2-12-33-19/h1-13,29H. The summed E-state index contributed by atoms with van der Waals surface area (Å²) in [5, 5.41) is 14.8. The van der Waals surface area contributed by atoms with Gasteiger partial charge >= 0.3 is 6.18 Å². The van der Waals surface area contributed by atoms with E-state index in [2.05, 4.69) is 20.0 Å². The van der Waals surface area contributed by atoms with Gasteiger partial charge in [0.1, 0.15) is 0 Å². The van der Waals surface area contributed by atoms with E-state index in [1.54, 1.807) is 28.8 Å². The van der Waals surface area contributed by atoms with Crippen LogP contribution in [0.5, 0.6) is 0 Å².